The third kappa shape index (κ3) is 5.28. The van der Waals surface area contributed by atoms with Gasteiger partial charge in [-0.2, -0.15) is 0 Å². The van der Waals surface area contributed by atoms with Crippen molar-refractivity contribution in [2.45, 2.75) is 46.0 Å². The number of benzene rings is 2. The molecule has 6 heteroatoms. The molecule has 0 unspecified atom stereocenters. The van der Waals surface area contributed by atoms with Gasteiger partial charge in [0.15, 0.2) is 5.13 Å². The summed E-state index contributed by atoms with van der Waals surface area (Å²) >= 11 is 1.63. The van der Waals surface area contributed by atoms with Crippen LogP contribution in [0.1, 0.15) is 51.9 Å². The number of aromatic nitrogens is 1. The minimum Gasteiger partial charge on any atom is -0.309 e. The van der Waals surface area contributed by atoms with Gasteiger partial charge in [-0.3, -0.25) is 9.69 Å². The second kappa shape index (κ2) is 10.1. The zero-order valence-corrected chi connectivity index (χ0v) is 20.5. The van der Waals surface area contributed by atoms with Crippen molar-refractivity contribution in [2.75, 3.05) is 32.1 Å². The van der Waals surface area contributed by atoms with Gasteiger partial charge in [0.2, 0.25) is 0 Å². The van der Waals surface area contributed by atoms with E-state index in [1.54, 1.807) is 11.3 Å². The van der Waals surface area contributed by atoms with E-state index in [1.807, 2.05) is 11.0 Å². The number of fused-ring (bicyclic) bond motifs is 2. The first kappa shape index (κ1) is 23.7. The molecule has 0 atom stereocenters. The fourth-order valence-electron chi connectivity index (χ4n) is 4.33. The van der Waals surface area contributed by atoms with Crippen LogP contribution in [0.4, 0.5) is 5.13 Å². The molecule has 3 aromatic rings. The number of carbonyl (C=O) groups excluding carboxylic acids is 1. The summed E-state index contributed by atoms with van der Waals surface area (Å²) in [7, 11) is 4.14. The smallest absolute Gasteiger partial charge is 0.260 e. The van der Waals surface area contributed by atoms with Gasteiger partial charge in [-0.05, 0) is 107 Å². The number of hydrogen-bond acceptors (Lipinski definition) is 4. The lowest BCUT2D eigenvalue weighted by Gasteiger charge is -2.22. The van der Waals surface area contributed by atoms with Crippen LogP contribution in [0, 0.1) is 13.8 Å². The van der Waals surface area contributed by atoms with E-state index in [2.05, 4.69) is 57.1 Å². The van der Waals surface area contributed by atoms with Gasteiger partial charge in [0.1, 0.15) is 0 Å². The summed E-state index contributed by atoms with van der Waals surface area (Å²) in [5, 5.41) is 0.806. The number of amides is 1. The second-order valence-corrected chi connectivity index (χ2v) is 9.71. The lowest BCUT2D eigenvalue weighted by atomic mass is 9.90. The molecular weight excluding hydrogens is 426 g/mol. The number of aryl methyl sites for hydroxylation is 4. The van der Waals surface area contributed by atoms with E-state index >= 15 is 0 Å². The zero-order chi connectivity index (χ0) is 21.3. The van der Waals surface area contributed by atoms with Crippen LogP contribution in [0.2, 0.25) is 0 Å². The Bertz CT molecular complexity index is 1080. The van der Waals surface area contributed by atoms with E-state index in [0.29, 0.717) is 6.54 Å². The Kier molecular flexibility index (Phi) is 7.73. The Balaban J connectivity index is 0.00000272. The number of nitrogens with zero attached hydrogens (tertiary/aromatic N) is 3. The van der Waals surface area contributed by atoms with Crippen LogP contribution >= 0.6 is 23.7 Å². The molecule has 0 saturated heterocycles. The summed E-state index contributed by atoms with van der Waals surface area (Å²) in [6.07, 6.45) is 5.59. The molecule has 0 aliphatic heterocycles. The van der Waals surface area contributed by atoms with Gasteiger partial charge in [-0.25, -0.2) is 4.98 Å². The van der Waals surface area contributed by atoms with Crippen molar-refractivity contribution in [1.29, 1.82) is 0 Å². The van der Waals surface area contributed by atoms with Crippen molar-refractivity contribution >= 4 is 45.0 Å². The number of anilines is 1. The number of hydrogen-bond donors (Lipinski definition) is 0. The molecule has 4 rings (SSSR count). The maximum atomic E-state index is 13.6. The summed E-state index contributed by atoms with van der Waals surface area (Å²) in [6.45, 7) is 5.83. The molecule has 0 spiro atoms. The minimum atomic E-state index is 0. The molecule has 1 aliphatic carbocycles. The molecule has 4 nitrogen and oxygen atoms in total. The highest BCUT2D eigenvalue weighted by Crippen LogP contribution is 2.33. The number of thiazole rings is 1. The average Bonchev–Trinajstić information content (AvgIpc) is 3.14. The SMILES string of the molecule is Cc1cc(C)c2sc(N(CCCN(C)C)C(=O)c3ccc4c(c3)CCCC4)nc2c1.Cl. The Labute approximate surface area is 195 Å². The molecule has 1 aliphatic rings. The third-order valence-electron chi connectivity index (χ3n) is 5.87. The van der Waals surface area contributed by atoms with Crippen molar-refractivity contribution in [2.24, 2.45) is 0 Å². The molecule has 0 N–H and O–H groups in total. The summed E-state index contributed by atoms with van der Waals surface area (Å²) in [5.41, 5.74) is 6.95. The van der Waals surface area contributed by atoms with E-state index < -0.39 is 0 Å². The zero-order valence-electron chi connectivity index (χ0n) is 18.9. The standard InChI is InChI=1S/C25H31N3OS.ClH/c1-17-14-18(2)23-22(15-17)26-25(30-23)28(13-7-12-27(3)4)24(29)21-11-10-19-8-5-6-9-20(19)16-21;/h10-11,14-16H,5-9,12-13H2,1-4H3;1H. The first-order chi connectivity index (χ1) is 14.4. The predicted molar refractivity (Wildman–Crippen MR) is 134 cm³/mol. The van der Waals surface area contributed by atoms with Crippen molar-refractivity contribution in [3.63, 3.8) is 0 Å². The third-order valence-corrected chi connectivity index (χ3v) is 7.10. The molecule has 2 aromatic carbocycles. The van der Waals surface area contributed by atoms with Crippen molar-refractivity contribution < 1.29 is 4.79 Å². The van der Waals surface area contributed by atoms with Crippen LogP contribution in [-0.4, -0.2) is 43.0 Å². The Morgan fingerprint density at radius 3 is 2.52 bits per heavy atom. The first-order valence-electron chi connectivity index (χ1n) is 10.9. The van der Waals surface area contributed by atoms with Crippen molar-refractivity contribution in [1.82, 2.24) is 9.88 Å². The first-order valence-corrected chi connectivity index (χ1v) is 11.7. The lowest BCUT2D eigenvalue weighted by Crippen LogP contribution is -2.33. The average molecular weight is 458 g/mol. The van der Waals surface area contributed by atoms with Crippen LogP contribution in [-0.2, 0) is 12.8 Å². The van der Waals surface area contributed by atoms with Gasteiger partial charge in [0, 0.05) is 12.1 Å². The van der Waals surface area contributed by atoms with Crippen LogP contribution in [0.5, 0.6) is 0 Å². The van der Waals surface area contributed by atoms with Crippen LogP contribution in [0.15, 0.2) is 30.3 Å². The molecule has 0 radical (unpaired) electrons. The molecule has 1 amide bonds. The fraction of sp³-hybridized carbons (Fsp3) is 0.440. The highest BCUT2D eigenvalue weighted by Gasteiger charge is 2.23. The van der Waals surface area contributed by atoms with E-state index in [-0.39, 0.29) is 18.3 Å². The highest BCUT2D eigenvalue weighted by atomic mass is 35.5. The largest absolute Gasteiger partial charge is 0.309 e. The Hall–Kier alpha value is -1.95. The quantitative estimate of drug-likeness (QED) is 0.468. The maximum absolute atomic E-state index is 13.6. The molecule has 0 saturated carbocycles. The molecule has 1 aromatic heterocycles. The molecule has 0 fully saturated rings. The minimum absolute atomic E-state index is 0. The topological polar surface area (TPSA) is 36.4 Å². The molecule has 31 heavy (non-hydrogen) atoms. The highest BCUT2D eigenvalue weighted by molar-refractivity contribution is 7.22. The maximum Gasteiger partial charge on any atom is 0.260 e. The second-order valence-electron chi connectivity index (χ2n) is 8.73. The fourth-order valence-corrected chi connectivity index (χ4v) is 5.37. The van der Waals surface area contributed by atoms with Gasteiger partial charge in [0.05, 0.1) is 10.2 Å². The molecule has 166 valence electrons. The molecular formula is C25H32ClN3OS. The summed E-state index contributed by atoms with van der Waals surface area (Å²) in [5.74, 6) is 0.0653. The monoisotopic (exact) mass is 457 g/mol. The van der Waals surface area contributed by atoms with Gasteiger partial charge in [-0.15, -0.1) is 12.4 Å². The Morgan fingerprint density at radius 2 is 1.77 bits per heavy atom. The number of carbonyl (C=O) groups is 1. The van der Waals surface area contributed by atoms with Crippen LogP contribution < -0.4 is 4.90 Å². The van der Waals surface area contributed by atoms with Crippen molar-refractivity contribution in [3.8, 4) is 0 Å². The normalized spacial score (nSPS) is 13.2. The lowest BCUT2D eigenvalue weighted by molar-refractivity contribution is 0.0986. The summed E-state index contributed by atoms with van der Waals surface area (Å²) < 4.78 is 1.17. The van der Waals surface area contributed by atoms with E-state index in [1.165, 1.54) is 39.8 Å². The molecule has 0 bridgehead atoms. The van der Waals surface area contributed by atoms with Crippen LogP contribution in [0.3, 0.4) is 0 Å². The summed E-state index contributed by atoms with van der Waals surface area (Å²) in [4.78, 5) is 22.5. The van der Waals surface area contributed by atoms with Gasteiger partial charge in [0.25, 0.3) is 5.91 Å². The van der Waals surface area contributed by atoms with Gasteiger partial charge < -0.3 is 4.90 Å². The molecule has 1 heterocycles. The van der Waals surface area contributed by atoms with E-state index in [0.717, 1.165) is 42.0 Å². The number of rotatable bonds is 6. The van der Waals surface area contributed by atoms with Gasteiger partial charge >= 0.3 is 0 Å². The predicted octanol–water partition coefficient (Wildman–Crippen LogP) is 5.81. The van der Waals surface area contributed by atoms with Crippen molar-refractivity contribution in [3.05, 3.63) is 58.1 Å². The van der Waals surface area contributed by atoms with Crippen LogP contribution in [0.25, 0.3) is 10.2 Å². The van der Waals surface area contributed by atoms with E-state index in [9.17, 15) is 4.79 Å². The van der Waals surface area contributed by atoms with E-state index in [4.69, 9.17) is 4.98 Å². The summed E-state index contributed by atoms with van der Waals surface area (Å²) in [6, 6.07) is 10.6. The number of halogens is 1. The van der Waals surface area contributed by atoms with Gasteiger partial charge in [-0.1, -0.05) is 23.5 Å². The Morgan fingerprint density at radius 1 is 1.03 bits per heavy atom.